The lowest BCUT2D eigenvalue weighted by molar-refractivity contribution is -0.141. The van der Waals surface area contributed by atoms with E-state index >= 15 is 0 Å². The number of carbonyl (C=O) groups excluding carboxylic acids is 4. The van der Waals surface area contributed by atoms with Crippen LogP contribution in [-0.4, -0.2) is 54.0 Å². The molecule has 9 nitrogen and oxygen atoms in total. The summed E-state index contributed by atoms with van der Waals surface area (Å²) in [7, 11) is 1.51. The number of nitrogens with two attached hydrogens (primary N) is 1. The third-order valence-corrected chi connectivity index (χ3v) is 5.09. The highest BCUT2D eigenvalue weighted by Gasteiger charge is 2.34. The normalized spacial score (nSPS) is 12.9. The minimum Gasteiger partial charge on any atom is -0.444 e. The van der Waals surface area contributed by atoms with Crippen LogP contribution in [-0.2, 0) is 19.1 Å². The molecule has 1 aromatic carbocycles. The lowest BCUT2D eigenvalue weighted by atomic mass is 10.0. The van der Waals surface area contributed by atoms with Crippen LogP contribution in [0.5, 0.6) is 0 Å². The van der Waals surface area contributed by atoms with Gasteiger partial charge in [-0.1, -0.05) is 49.6 Å². The van der Waals surface area contributed by atoms with Gasteiger partial charge in [-0.15, -0.1) is 0 Å². The Morgan fingerprint density at radius 3 is 2.38 bits per heavy atom. The number of rotatable bonds is 12. The molecule has 0 aromatic heterocycles. The lowest BCUT2D eigenvalue weighted by Crippen LogP contribution is -2.52. The van der Waals surface area contributed by atoms with Crippen molar-refractivity contribution < 1.29 is 23.9 Å². The van der Waals surface area contributed by atoms with Crippen LogP contribution in [0.3, 0.4) is 0 Å². The van der Waals surface area contributed by atoms with Gasteiger partial charge in [0.05, 0.1) is 0 Å². The van der Waals surface area contributed by atoms with Gasteiger partial charge in [0.1, 0.15) is 17.7 Å². The molecule has 0 aliphatic carbocycles. The maximum absolute atomic E-state index is 13.5. The zero-order valence-corrected chi connectivity index (χ0v) is 21.3. The number of primary amides is 1. The summed E-state index contributed by atoms with van der Waals surface area (Å²) in [6, 6.07) is 5.36. The zero-order valence-electron chi connectivity index (χ0n) is 21.3. The quantitative estimate of drug-likeness (QED) is 0.399. The van der Waals surface area contributed by atoms with Crippen molar-refractivity contribution >= 4 is 23.8 Å². The number of hydrogen-bond acceptors (Lipinski definition) is 5. The third-order valence-electron chi connectivity index (χ3n) is 5.09. The molecular weight excluding hydrogens is 436 g/mol. The van der Waals surface area contributed by atoms with Crippen LogP contribution in [0.1, 0.15) is 77.0 Å². The van der Waals surface area contributed by atoms with Crippen LogP contribution in [0.4, 0.5) is 4.79 Å². The topological polar surface area (TPSA) is 131 Å². The molecule has 2 atom stereocenters. The molecule has 0 saturated carbocycles. The molecule has 0 bridgehead atoms. The van der Waals surface area contributed by atoms with Gasteiger partial charge in [-0.2, -0.15) is 0 Å². The number of unbranched alkanes of at least 4 members (excludes halogenated alkanes) is 2. The first-order valence-corrected chi connectivity index (χ1v) is 11.7. The number of ether oxygens (including phenoxy) is 1. The van der Waals surface area contributed by atoms with Crippen LogP contribution in [0.15, 0.2) is 24.3 Å². The second-order valence-electron chi connectivity index (χ2n) is 9.47. The van der Waals surface area contributed by atoms with Crippen molar-refractivity contribution in [3.8, 4) is 0 Å². The molecule has 0 heterocycles. The Kier molecular flexibility index (Phi) is 11.5. The number of amides is 4. The predicted molar refractivity (Wildman–Crippen MR) is 131 cm³/mol. The SMILES string of the molecule is CCCCCNC(=O)C(c1cccc(C)c1)N(C)C(=O)C(CCC(N)=O)NC(=O)OC(C)(C)C. The summed E-state index contributed by atoms with van der Waals surface area (Å²) < 4.78 is 5.27. The van der Waals surface area contributed by atoms with E-state index in [1.54, 1.807) is 26.8 Å². The molecule has 1 aromatic rings. The Morgan fingerprint density at radius 2 is 1.82 bits per heavy atom. The molecule has 0 aliphatic heterocycles. The van der Waals surface area contributed by atoms with Gasteiger partial charge < -0.3 is 26.0 Å². The van der Waals surface area contributed by atoms with E-state index in [4.69, 9.17) is 10.5 Å². The van der Waals surface area contributed by atoms with E-state index in [-0.39, 0.29) is 18.7 Å². The number of nitrogens with one attached hydrogen (secondary N) is 2. The third kappa shape index (κ3) is 10.2. The molecule has 9 heteroatoms. The number of hydrogen-bond donors (Lipinski definition) is 3. The maximum atomic E-state index is 13.5. The van der Waals surface area contributed by atoms with Gasteiger partial charge in [0.2, 0.25) is 17.7 Å². The fourth-order valence-electron chi connectivity index (χ4n) is 3.44. The van der Waals surface area contributed by atoms with Crippen molar-refractivity contribution in [3.05, 3.63) is 35.4 Å². The fraction of sp³-hybridized carbons (Fsp3) is 0.600. The van der Waals surface area contributed by atoms with Crippen LogP contribution in [0.25, 0.3) is 0 Å². The minimum absolute atomic E-state index is 0.0175. The van der Waals surface area contributed by atoms with Crippen LogP contribution in [0.2, 0.25) is 0 Å². The van der Waals surface area contributed by atoms with Gasteiger partial charge >= 0.3 is 6.09 Å². The molecule has 0 saturated heterocycles. The Morgan fingerprint density at radius 1 is 1.15 bits per heavy atom. The number of benzene rings is 1. The number of alkyl carbamates (subject to hydrolysis) is 1. The van der Waals surface area contributed by atoms with Crippen molar-refractivity contribution in [1.29, 1.82) is 0 Å². The van der Waals surface area contributed by atoms with Crippen molar-refractivity contribution in [2.24, 2.45) is 5.73 Å². The monoisotopic (exact) mass is 476 g/mol. The van der Waals surface area contributed by atoms with E-state index in [0.29, 0.717) is 12.1 Å². The van der Waals surface area contributed by atoms with Crippen molar-refractivity contribution in [2.45, 2.75) is 84.4 Å². The molecule has 4 amide bonds. The highest BCUT2D eigenvalue weighted by molar-refractivity contribution is 5.92. The molecule has 0 spiro atoms. The van der Waals surface area contributed by atoms with Gasteiger partial charge in [-0.05, 0) is 46.1 Å². The van der Waals surface area contributed by atoms with Gasteiger partial charge in [0.15, 0.2) is 0 Å². The van der Waals surface area contributed by atoms with Crippen LogP contribution in [0, 0.1) is 6.92 Å². The number of carbonyl (C=O) groups is 4. The average molecular weight is 477 g/mol. The molecule has 2 unspecified atom stereocenters. The van der Waals surface area contributed by atoms with Crippen molar-refractivity contribution in [1.82, 2.24) is 15.5 Å². The average Bonchev–Trinajstić information content (AvgIpc) is 2.72. The second kappa shape index (κ2) is 13.6. The molecule has 34 heavy (non-hydrogen) atoms. The van der Waals surface area contributed by atoms with Crippen molar-refractivity contribution in [2.75, 3.05) is 13.6 Å². The summed E-state index contributed by atoms with van der Waals surface area (Å²) >= 11 is 0. The molecule has 0 aliphatic rings. The van der Waals surface area contributed by atoms with Gasteiger partial charge in [0, 0.05) is 20.0 Å². The summed E-state index contributed by atoms with van der Waals surface area (Å²) in [5.41, 5.74) is 6.10. The summed E-state index contributed by atoms with van der Waals surface area (Å²) in [6.45, 7) is 9.59. The molecule has 0 radical (unpaired) electrons. The van der Waals surface area contributed by atoms with Gasteiger partial charge in [0.25, 0.3) is 0 Å². The van der Waals surface area contributed by atoms with E-state index in [2.05, 4.69) is 17.6 Å². The maximum Gasteiger partial charge on any atom is 0.408 e. The Balaban J connectivity index is 3.18. The minimum atomic E-state index is -1.09. The predicted octanol–water partition coefficient (Wildman–Crippen LogP) is 2.96. The zero-order chi connectivity index (χ0) is 25.9. The first-order valence-electron chi connectivity index (χ1n) is 11.7. The van der Waals surface area contributed by atoms with E-state index < -0.39 is 35.6 Å². The van der Waals surface area contributed by atoms with E-state index in [1.165, 1.54) is 11.9 Å². The standard InChI is InChI=1S/C25H40N4O5/c1-7-8-9-15-27-22(31)21(18-12-10-11-17(2)16-18)29(6)23(32)19(13-14-20(26)30)28-24(33)34-25(3,4)5/h10-12,16,19,21H,7-9,13-15H2,1-6H3,(H2,26,30)(H,27,31)(H,28,33). The summed E-state index contributed by atoms with van der Waals surface area (Å²) in [5, 5.41) is 5.45. The first-order chi connectivity index (χ1) is 15.9. The smallest absolute Gasteiger partial charge is 0.408 e. The van der Waals surface area contributed by atoms with Gasteiger partial charge in [-0.25, -0.2) is 4.79 Å². The fourth-order valence-corrected chi connectivity index (χ4v) is 3.44. The Bertz CT molecular complexity index is 850. The van der Waals surface area contributed by atoms with Crippen molar-refractivity contribution in [3.63, 3.8) is 0 Å². The number of likely N-dealkylation sites (N-methyl/N-ethyl adjacent to an activating group) is 1. The lowest BCUT2D eigenvalue weighted by Gasteiger charge is -2.31. The van der Waals surface area contributed by atoms with E-state index in [9.17, 15) is 19.2 Å². The Hall–Kier alpha value is -3.10. The number of aryl methyl sites for hydroxylation is 1. The van der Waals surface area contributed by atoms with Gasteiger partial charge in [-0.3, -0.25) is 14.4 Å². The summed E-state index contributed by atoms with van der Waals surface area (Å²) in [6.07, 6.45) is 1.92. The second-order valence-corrected chi connectivity index (χ2v) is 9.47. The summed E-state index contributed by atoms with van der Waals surface area (Å²) in [4.78, 5) is 51.7. The molecule has 190 valence electrons. The molecule has 4 N–H and O–H groups in total. The first kappa shape index (κ1) is 28.9. The van der Waals surface area contributed by atoms with Crippen LogP contribution < -0.4 is 16.4 Å². The Labute approximate surface area is 202 Å². The molecule has 1 rings (SSSR count). The van der Waals surface area contributed by atoms with E-state index in [0.717, 1.165) is 24.8 Å². The highest BCUT2D eigenvalue weighted by Crippen LogP contribution is 2.23. The largest absolute Gasteiger partial charge is 0.444 e. The number of nitrogens with zero attached hydrogens (tertiary/aromatic N) is 1. The van der Waals surface area contributed by atoms with E-state index in [1.807, 2.05) is 25.1 Å². The molecular formula is C25H40N4O5. The highest BCUT2D eigenvalue weighted by atomic mass is 16.6. The van der Waals surface area contributed by atoms with Crippen LogP contribution >= 0.6 is 0 Å². The molecule has 0 fully saturated rings. The summed E-state index contributed by atoms with van der Waals surface area (Å²) in [5.74, 6) is -1.44.